The molecule has 0 aromatic rings. The van der Waals surface area contributed by atoms with Crippen LogP contribution in [0, 0.1) is 0 Å². The molecule has 0 rings (SSSR count). The zero-order valence-electron chi connectivity index (χ0n) is 20.5. The number of carbonyl (C=O) groups excluding carboxylic acids is 4. The molecular weight excluding hydrogens is 512 g/mol. The number of carboxylic acids is 2. The molecule has 37 heavy (non-hydrogen) atoms. The van der Waals surface area contributed by atoms with E-state index in [-0.39, 0.29) is 44.6 Å². The number of hydrogen-bond donors (Lipinski definition) is 9. The Hall–Kier alpha value is -3.60. The molecule has 0 spiro atoms. The molecule has 0 aromatic carbocycles. The minimum absolute atomic E-state index is 0.00192. The highest BCUT2D eigenvalue weighted by molar-refractivity contribution is 7.98. The third-order valence-corrected chi connectivity index (χ3v) is 5.50. The third kappa shape index (κ3) is 15.2. The standard InChI is InChI=1S/C20H36N8O8S/c1-37-8-6-11(17(33)27-12(19(35)36)3-2-7-25-20(23)24)26-18(34)13(9-15(30)31)28-16(32)10(21)4-5-14(22)29/h10-13H,2-9,21H2,1H3,(H2,22,29)(H,26,34)(H,27,33)(H,28,32)(H,30,31)(H,35,36)(H4,23,24,25). The van der Waals surface area contributed by atoms with Gasteiger partial charge in [-0.3, -0.25) is 29.0 Å². The number of nitrogens with two attached hydrogens (primary N) is 4. The first-order valence-electron chi connectivity index (χ1n) is 11.2. The van der Waals surface area contributed by atoms with Crippen LogP contribution in [0.5, 0.6) is 0 Å². The first-order chi connectivity index (χ1) is 17.3. The Kier molecular flexibility index (Phi) is 16.0. The topological polar surface area (TPSA) is 295 Å². The Labute approximate surface area is 217 Å². The number of carbonyl (C=O) groups is 6. The average Bonchev–Trinajstić information content (AvgIpc) is 2.80. The Morgan fingerprint density at radius 3 is 1.92 bits per heavy atom. The van der Waals surface area contributed by atoms with Gasteiger partial charge in [0.2, 0.25) is 23.6 Å². The molecular formula is C20H36N8O8S. The number of rotatable bonds is 19. The van der Waals surface area contributed by atoms with E-state index < -0.39 is 66.2 Å². The molecule has 0 fully saturated rings. The largest absolute Gasteiger partial charge is 0.481 e. The van der Waals surface area contributed by atoms with Gasteiger partial charge in [0.05, 0.1) is 12.5 Å². The number of guanidine groups is 1. The summed E-state index contributed by atoms with van der Waals surface area (Å²) < 4.78 is 0. The van der Waals surface area contributed by atoms with Crippen molar-refractivity contribution in [2.24, 2.45) is 27.9 Å². The number of hydrogen-bond acceptors (Lipinski definition) is 9. The van der Waals surface area contributed by atoms with Crippen LogP contribution in [0.25, 0.3) is 0 Å². The summed E-state index contributed by atoms with van der Waals surface area (Å²) in [5.41, 5.74) is 21.1. The van der Waals surface area contributed by atoms with Gasteiger partial charge in [-0.15, -0.1) is 0 Å². The number of nitrogens with one attached hydrogen (secondary N) is 3. The number of aliphatic imine (C=N–C) groups is 1. The molecule has 210 valence electrons. The summed E-state index contributed by atoms with van der Waals surface area (Å²) in [6.45, 7) is 0.146. The van der Waals surface area contributed by atoms with E-state index in [1.807, 2.05) is 0 Å². The molecule has 0 heterocycles. The van der Waals surface area contributed by atoms with Crippen LogP contribution in [-0.4, -0.2) is 94.5 Å². The lowest BCUT2D eigenvalue weighted by atomic mass is 10.1. The molecule has 0 saturated carbocycles. The van der Waals surface area contributed by atoms with E-state index in [2.05, 4.69) is 20.9 Å². The molecule has 16 nitrogen and oxygen atoms in total. The zero-order valence-corrected chi connectivity index (χ0v) is 21.3. The number of aliphatic carboxylic acids is 2. The lowest BCUT2D eigenvalue weighted by Crippen LogP contribution is -2.57. The van der Waals surface area contributed by atoms with E-state index in [1.54, 1.807) is 6.26 Å². The monoisotopic (exact) mass is 548 g/mol. The van der Waals surface area contributed by atoms with E-state index in [0.717, 1.165) is 0 Å². The van der Waals surface area contributed by atoms with Gasteiger partial charge in [0, 0.05) is 13.0 Å². The fraction of sp³-hybridized carbons (Fsp3) is 0.650. The van der Waals surface area contributed by atoms with E-state index in [1.165, 1.54) is 11.8 Å². The van der Waals surface area contributed by atoms with Gasteiger partial charge in [-0.1, -0.05) is 0 Å². The maximum absolute atomic E-state index is 12.8. The molecule has 0 saturated heterocycles. The average molecular weight is 549 g/mol. The van der Waals surface area contributed by atoms with E-state index in [9.17, 15) is 33.9 Å². The van der Waals surface area contributed by atoms with Gasteiger partial charge in [-0.2, -0.15) is 11.8 Å². The van der Waals surface area contributed by atoms with Crippen LogP contribution in [0.4, 0.5) is 0 Å². The molecule has 17 heteroatoms. The first kappa shape index (κ1) is 33.4. The second-order valence-electron chi connectivity index (χ2n) is 7.96. The summed E-state index contributed by atoms with van der Waals surface area (Å²) in [4.78, 5) is 75.4. The molecule has 0 bridgehead atoms. The number of primary amides is 1. The maximum atomic E-state index is 12.8. The van der Waals surface area contributed by atoms with Gasteiger partial charge >= 0.3 is 11.9 Å². The fourth-order valence-electron chi connectivity index (χ4n) is 2.90. The second kappa shape index (κ2) is 17.8. The highest BCUT2D eigenvalue weighted by Gasteiger charge is 2.31. The summed E-state index contributed by atoms with van der Waals surface area (Å²) in [5, 5.41) is 25.5. The highest BCUT2D eigenvalue weighted by atomic mass is 32.2. The van der Waals surface area contributed by atoms with Crippen LogP contribution in [0.15, 0.2) is 4.99 Å². The first-order valence-corrected chi connectivity index (χ1v) is 12.6. The number of carboxylic acid groups (broad SMARTS) is 2. The van der Waals surface area contributed by atoms with Crippen molar-refractivity contribution in [3.05, 3.63) is 0 Å². The quantitative estimate of drug-likeness (QED) is 0.0429. The minimum atomic E-state index is -1.59. The van der Waals surface area contributed by atoms with Gasteiger partial charge in [-0.05, 0) is 37.7 Å². The molecule has 0 aliphatic rings. The van der Waals surface area contributed by atoms with Gasteiger partial charge in [0.1, 0.15) is 18.1 Å². The van der Waals surface area contributed by atoms with Crippen LogP contribution >= 0.6 is 11.8 Å². The van der Waals surface area contributed by atoms with Crippen molar-refractivity contribution < 1.29 is 39.0 Å². The van der Waals surface area contributed by atoms with Crippen LogP contribution in [0.3, 0.4) is 0 Å². The molecule has 13 N–H and O–H groups in total. The lowest BCUT2D eigenvalue weighted by Gasteiger charge is -2.24. The predicted molar refractivity (Wildman–Crippen MR) is 135 cm³/mol. The summed E-state index contributed by atoms with van der Waals surface area (Å²) in [5.74, 6) is -5.87. The van der Waals surface area contributed by atoms with Gasteiger partial charge in [0.15, 0.2) is 5.96 Å². The molecule has 0 aliphatic carbocycles. The van der Waals surface area contributed by atoms with Gasteiger partial charge in [0.25, 0.3) is 0 Å². The number of nitrogens with zero attached hydrogens (tertiary/aromatic N) is 1. The molecule has 0 aromatic heterocycles. The maximum Gasteiger partial charge on any atom is 0.326 e. The predicted octanol–water partition coefficient (Wildman–Crippen LogP) is -3.60. The van der Waals surface area contributed by atoms with Crippen LogP contribution in [-0.2, 0) is 28.8 Å². The van der Waals surface area contributed by atoms with Crippen molar-refractivity contribution in [1.82, 2.24) is 16.0 Å². The molecule has 4 atom stereocenters. The third-order valence-electron chi connectivity index (χ3n) is 4.85. The second-order valence-corrected chi connectivity index (χ2v) is 8.95. The SMILES string of the molecule is CSCCC(NC(=O)C(CC(=O)O)NC(=O)C(N)CCC(N)=O)C(=O)NC(CCCN=C(N)N)C(=O)O. The van der Waals surface area contributed by atoms with Crippen LogP contribution < -0.4 is 38.9 Å². The number of thioether (sulfide) groups is 1. The lowest BCUT2D eigenvalue weighted by molar-refractivity contribution is -0.143. The molecule has 4 unspecified atom stereocenters. The van der Waals surface area contributed by atoms with Gasteiger partial charge in [-0.25, -0.2) is 4.79 Å². The normalized spacial score (nSPS) is 13.8. The Balaban J connectivity index is 5.44. The van der Waals surface area contributed by atoms with Crippen molar-refractivity contribution in [1.29, 1.82) is 0 Å². The zero-order chi connectivity index (χ0) is 28.5. The summed E-state index contributed by atoms with van der Waals surface area (Å²) in [6, 6.07) is -5.35. The van der Waals surface area contributed by atoms with Gasteiger partial charge < -0.3 is 49.1 Å². The molecule has 4 amide bonds. The smallest absolute Gasteiger partial charge is 0.326 e. The summed E-state index contributed by atoms with van der Waals surface area (Å²) in [7, 11) is 0. The Morgan fingerprint density at radius 2 is 1.41 bits per heavy atom. The van der Waals surface area contributed by atoms with Crippen molar-refractivity contribution in [2.45, 2.75) is 62.7 Å². The summed E-state index contributed by atoms with van der Waals surface area (Å²) in [6.07, 6.45) is 0.951. The van der Waals surface area contributed by atoms with Crippen LogP contribution in [0.1, 0.15) is 38.5 Å². The number of amides is 4. The minimum Gasteiger partial charge on any atom is -0.481 e. The van der Waals surface area contributed by atoms with Crippen molar-refractivity contribution >= 4 is 53.3 Å². The summed E-state index contributed by atoms with van der Waals surface area (Å²) >= 11 is 1.36. The fourth-order valence-corrected chi connectivity index (χ4v) is 3.37. The van der Waals surface area contributed by atoms with Crippen molar-refractivity contribution in [2.75, 3.05) is 18.6 Å². The Bertz CT molecular complexity index is 852. The molecule has 0 aliphatic heterocycles. The Morgan fingerprint density at radius 1 is 0.838 bits per heavy atom. The van der Waals surface area contributed by atoms with Crippen molar-refractivity contribution in [3.63, 3.8) is 0 Å². The van der Waals surface area contributed by atoms with E-state index in [4.69, 9.17) is 28.0 Å². The van der Waals surface area contributed by atoms with E-state index >= 15 is 0 Å². The highest BCUT2D eigenvalue weighted by Crippen LogP contribution is 2.06. The molecule has 0 radical (unpaired) electrons. The van der Waals surface area contributed by atoms with E-state index in [0.29, 0.717) is 5.75 Å². The van der Waals surface area contributed by atoms with Crippen LogP contribution in [0.2, 0.25) is 0 Å². The van der Waals surface area contributed by atoms with Crippen molar-refractivity contribution in [3.8, 4) is 0 Å².